The predicted molar refractivity (Wildman–Crippen MR) is 42.0 cm³/mol. The molecular weight excluding hydrogens is 160 g/mol. The lowest BCUT2D eigenvalue weighted by molar-refractivity contribution is -0.0245. The second-order valence-corrected chi connectivity index (χ2v) is 3.15. The SMILES string of the molecule is C=NC12OCC(O)C1OCC2N. The Bertz CT molecular complexity index is 211. The van der Waals surface area contributed by atoms with Crippen LogP contribution in [0.5, 0.6) is 0 Å². The highest BCUT2D eigenvalue weighted by molar-refractivity contribution is 5.28. The maximum atomic E-state index is 9.42. The molecule has 5 nitrogen and oxygen atoms in total. The van der Waals surface area contributed by atoms with Crippen LogP contribution < -0.4 is 5.73 Å². The van der Waals surface area contributed by atoms with Crippen molar-refractivity contribution in [1.82, 2.24) is 0 Å². The van der Waals surface area contributed by atoms with Crippen molar-refractivity contribution in [3.8, 4) is 0 Å². The zero-order valence-corrected chi connectivity index (χ0v) is 6.64. The number of hydrogen-bond donors (Lipinski definition) is 2. The summed E-state index contributed by atoms with van der Waals surface area (Å²) in [5.74, 6) is 0. The standard InChI is InChI=1S/C7H12N2O3/c1-9-7-5(8)3-11-6(7)4(10)2-12-7/h4-6,10H,1-3,8H2. The van der Waals surface area contributed by atoms with Gasteiger partial charge in [0.2, 0.25) is 5.72 Å². The van der Waals surface area contributed by atoms with Gasteiger partial charge in [-0.1, -0.05) is 0 Å². The third kappa shape index (κ3) is 0.791. The Morgan fingerprint density at radius 3 is 2.92 bits per heavy atom. The minimum absolute atomic E-state index is 0.220. The number of aliphatic imine (C=N–C) groups is 1. The molecule has 2 aliphatic heterocycles. The van der Waals surface area contributed by atoms with E-state index in [1.165, 1.54) is 0 Å². The van der Waals surface area contributed by atoms with Crippen molar-refractivity contribution < 1.29 is 14.6 Å². The van der Waals surface area contributed by atoms with Crippen LogP contribution in [0.1, 0.15) is 0 Å². The first-order valence-corrected chi connectivity index (χ1v) is 3.88. The van der Waals surface area contributed by atoms with E-state index < -0.39 is 17.9 Å². The van der Waals surface area contributed by atoms with Crippen molar-refractivity contribution >= 4 is 6.72 Å². The van der Waals surface area contributed by atoms with Crippen molar-refractivity contribution in [3.63, 3.8) is 0 Å². The van der Waals surface area contributed by atoms with E-state index in [2.05, 4.69) is 11.7 Å². The number of aliphatic hydroxyl groups is 1. The van der Waals surface area contributed by atoms with Crippen LogP contribution in [0, 0.1) is 0 Å². The van der Waals surface area contributed by atoms with Crippen LogP contribution in [0.15, 0.2) is 4.99 Å². The van der Waals surface area contributed by atoms with Gasteiger partial charge in [0.15, 0.2) is 0 Å². The summed E-state index contributed by atoms with van der Waals surface area (Å²) in [6.07, 6.45) is -1.07. The van der Waals surface area contributed by atoms with Gasteiger partial charge in [0.05, 0.1) is 19.3 Å². The molecule has 2 heterocycles. The minimum atomic E-state index is -0.903. The third-order valence-corrected chi connectivity index (χ3v) is 2.48. The van der Waals surface area contributed by atoms with E-state index in [-0.39, 0.29) is 12.6 Å². The first-order valence-electron chi connectivity index (χ1n) is 3.88. The predicted octanol–water partition coefficient (Wildman–Crippen LogP) is -1.50. The van der Waals surface area contributed by atoms with E-state index in [4.69, 9.17) is 15.2 Å². The highest BCUT2D eigenvalue weighted by Crippen LogP contribution is 2.37. The Balaban J connectivity index is 2.30. The smallest absolute Gasteiger partial charge is 0.204 e. The molecule has 2 rings (SSSR count). The average Bonchev–Trinajstić information content (AvgIpc) is 2.55. The highest BCUT2D eigenvalue weighted by Gasteiger charge is 2.58. The molecule has 0 radical (unpaired) electrons. The molecule has 2 saturated heterocycles. The van der Waals surface area contributed by atoms with Crippen molar-refractivity contribution in [2.24, 2.45) is 10.7 Å². The Morgan fingerprint density at radius 2 is 2.33 bits per heavy atom. The van der Waals surface area contributed by atoms with E-state index in [1.54, 1.807) is 0 Å². The lowest BCUT2D eigenvalue weighted by Crippen LogP contribution is -2.49. The average molecular weight is 172 g/mol. The molecule has 4 atom stereocenters. The van der Waals surface area contributed by atoms with Crippen molar-refractivity contribution in [2.75, 3.05) is 13.2 Å². The van der Waals surface area contributed by atoms with Gasteiger partial charge in [0, 0.05) is 0 Å². The number of nitrogens with zero attached hydrogens (tertiary/aromatic N) is 1. The number of aliphatic hydroxyl groups excluding tert-OH is 1. The van der Waals surface area contributed by atoms with E-state index in [9.17, 15) is 5.11 Å². The van der Waals surface area contributed by atoms with Crippen LogP contribution in [-0.2, 0) is 9.47 Å². The van der Waals surface area contributed by atoms with Gasteiger partial charge in [-0.15, -0.1) is 0 Å². The summed E-state index contributed by atoms with van der Waals surface area (Å²) in [5, 5.41) is 9.42. The summed E-state index contributed by atoms with van der Waals surface area (Å²) in [4.78, 5) is 3.83. The molecule has 2 fully saturated rings. The maximum absolute atomic E-state index is 9.42. The monoisotopic (exact) mass is 172 g/mol. The molecule has 2 aliphatic rings. The normalized spacial score (nSPS) is 52.3. The Labute approximate surface area is 70.2 Å². The van der Waals surface area contributed by atoms with Gasteiger partial charge < -0.3 is 20.3 Å². The van der Waals surface area contributed by atoms with E-state index in [0.717, 1.165) is 0 Å². The fraction of sp³-hybridized carbons (Fsp3) is 0.857. The van der Waals surface area contributed by atoms with Gasteiger partial charge in [0.25, 0.3) is 0 Å². The molecule has 3 N–H and O–H groups in total. The summed E-state index contributed by atoms with van der Waals surface area (Å²) in [5.41, 5.74) is 4.83. The molecule has 0 aromatic rings. The summed E-state index contributed by atoms with van der Waals surface area (Å²) >= 11 is 0. The molecule has 0 aromatic heterocycles. The highest BCUT2D eigenvalue weighted by atomic mass is 16.6. The van der Waals surface area contributed by atoms with Gasteiger partial charge in [0.1, 0.15) is 12.2 Å². The second kappa shape index (κ2) is 2.50. The van der Waals surface area contributed by atoms with Crippen molar-refractivity contribution in [3.05, 3.63) is 0 Å². The first kappa shape index (κ1) is 8.12. The number of rotatable bonds is 1. The van der Waals surface area contributed by atoms with Crippen LogP contribution in [0.25, 0.3) is 0 Å². The summed E-state index contributed by atoms with van der Waals surface area (Å²) < 4.78 is 10.6. The summed E-state index contributed by atoms with van der Waals surface area (Å²) in [7, 11) is 0. The van der Waals surface area contributed by atoms with Gasteiger partial charge in [-0.25, -0.2) is 0 Å². The third-order valence-electron chi connectivity index (χ3n) is 2.48. The minimum Gasteiger partial charge on any atom is -0.388 e. The molecule has 12 heavy (non-hydrogen) atoms. The van der Waals surface area contributed by atoms with Gasteiger partial charge in [-0.2, -0.15) is 0 Å². The molecule has 0 saturated carbocycles. The molecular formula is C7H12N2O3. The fourth-order valence-corrected chi connectivity index (χ4v) is 1.79. The van der Waals surface area contributed by atoms with Crippen LogP contribution in [-0.4, -0.2) is 49.0 Å². The molecule has 0 amide bonds. The van der Waals surface area contributed by atoms with Crippen LogP contribution in [0.3, 0.4) is 0 Å². The first-order chi connectivity index (χ1) is 5.70. The van der Waals surface area contributed by atoms with E-state index in [0.29, 0.717) is 6.61 Å². The maximum Gasteiger partial charge on any atom is 0.204 e. The second-order valence-electron chi connectivity index (χ2n) is 3.15. The van der Waals surface area contributed by atoms with E-state index >= 15 is 0 Å². The Kier molecular flexibility index (Phi) is 1.69. The lowest BCUT2D eigenvalue weighted by Gasteiger charge is -2.25. The number of nitrogens with two attached hydrogens (primary N) is 1. The molecule has 0 aliphatic carbocycles. The number of ether oxygens (including phenoxy) is 2. The molecule has 0 bridgehead atoms. The van der Waals surface area contributed by atoms with Crippen LogP contribution in [0.4, 0.5) is 0 Å². The largest absolute Gasteiger partial charge is 0.388 e. The lowest BCUT2D eigenvalue weighted by atomic mass is 10.0. The van der Waals surface area contributed by atoms with Crippen molar-refractivity contribution in [2.45, 2.75) is 24.0 Å². The molecule has 0 spiro atoms. The zero-order chi connectivity index (χ0) is 8.77. The molecule has 5 heteroatoms. The van der Waals surface area contributed by atoms with E-state index in [1.807, 2.05) is 0 Å². The quantitative estimate of drug-likeness (QED) is 0.472. The van der Waals surface area contributed by atoms with Crippen molar-refractivity contribution in [1.29, 1.82) is 0 Å². The zero-order valence-electron chi connectivity index (χ0n) is 6.64. The van der Waals surface area contributed by atoms with Gasteiger partial charge >= 0.3 is 0 Å². The number of fused-ring (bicyclic) bond motifs is 1. The fourth-order valence-electron chi connectivity index (χ4n) is 1.79. The topological polar surface area (TPSA) is 77.1 Å². The van der Waals surface area contributed by atoms with Gasteiger partial charge in [-0.3, -0.25) is 4.99 Å². The van der Waals surface area contributed by atoms with Crippen LogP contribution in [0.2, 0.25) is 0 Å². The van der Waals surface area contributed by atoms with Crippen LogP contribution >= 0.6 is 0 Å². The molecule has 0 aromatic carbocycles. The molecule has 68 valence electrons. The van der Waals surface area contributed by atoms with Gasteiger partial charge in [-0.05, 0) is 6.72 Å². The number of hydrogen-bond acceptors (Lipinski definition) is 5. The summed E-state index contributed by atoms with van der Waals surface area (Å²) in [6, 6.07) is -0.322. The Morgan fingerprint density at radius 1 is 1.58 bits per heavy atom. The Hall–Kier alpha value is -0.490. The molecule has 4 unspecified atom stereocenters. The summed E-state index contributed by atoms with van der Waals surface area (Å²) in [6.45, 7) is 4.00.